The maximum absolute atomic E-state index is 13.8. The lowest BCUT2D eigenvalue weighted by atomic mass is 9.80. The number of hydrogen-bond donors (Lipinski definition) is 1. The maximum atomic E-state index is 13.8. The predicted octanol–water partition coefficient (Wildman–Crippen LogP) is 4.51. The molecule has 0 radical (unpaired) electrons. The number of carbonyl (C=O) groups is 1. The minimum absolute atomic E-state index is 0.0673. The molecule has 1 aliphatic carbocycles. The van der Waals surface area contributed by atoms with Gasteiger partial charge in [0.05, 0.1) is 28.3 Å². The van der Waals surface area contributed by atoms with Gasteiger partial charge in [-0.3, -0.25) is 4.79 Å². The number of hydrogen-bond acceptors (Lipinski definition) is 3. The van der Waals surface area contributed by atoms with Crippen molar-refractivity contribution in [1.82, 2.24) is 4.72 Å². The number of esters is 1. The molecule has 154 valence electrons. The van der Waals surface area contributed by atoms with Crippen molar-refractivity contribution in [1.29, 1.82) is 0 Å². The smallest absolute Gasteiger partial charge is 0.405 e. The third kappa shape index (κ3) is 7.55. The van der Waals surface area contributed by atoms with Crippen molar-refractivity contribution >= 4 is 17.0 Å². The van der Waals surface area contributed by atoms with Gasteiger partial charge >= 0.3 is 12.1 Å². The Kier molecular flexibility index (Phi) is 9.06. The molecule has 4 nitrogen and oxygen atoms in total. The van der Waals surface area contributed by atoms with Crippen LogP contribution in [-0.4, -0.2) is 33.8 Å². The average molecular weight is 400 g/mol. The first-order valence-corrected chi connectivity index (χ1v) is 10.5. The number of rotatable bonds is 8. The van der Waals surface area contributed by atoms with E-state index >= 15 is 0 Å². The highest BCUT2D eigenvalue weighted by Gasteiger charge is 2.50. The van der Waals surface area contributed by atoms with Crippen LogP contribution in [0.3, 0.4) is 0 Å². The van der Waals surface area contributed by atoms with Crippen LogP contribution in [-0.2, 0) is 20.5 Å². The van der Waals surface area contributed by atoms with Gasteiger partial charge < -0.3 is 4.74 Å². The standard InChI is InChI=1S/C18H32F3NO3S/c1-5-11-25-16(23)14(12-13-9-7-6-8-10-13)15(18(19,20)21)22-26(24)17(2,3)4/h13-15,22H,5-12H2,1-4H3/t14-,15-,26-/m1/s1. The zero-order valence-corrected chi connectivity index (χ0v) is 17.0. The monoisotopic (exact) mass is 399 g/mol. The van der Waals surface area contributed by atoms with Crippen LogP contribution in [0, 0.1) is 11.8 Å². The Bertz CT molecular complexity index is 471. The van der Waals surface area contributed by atoms with Crippen molar-refractivity contribution in [3.63, 3.8) is 0 Å². The summed E-state index contributed by atoms with van der Waals surface area (Å²) in [5.41, 5.74) is 0. The maximum Gasteiger partial charge on any atom is 0.405 e. The Labute approximate surface area is 157 Å². The van der Waals surface area contributed by atoms with E-state index in [4.69, 9.17) is 4.74 Å². The van der Waals surface area contributed by atoms with E-state index in [0.717, 1.165) is 32.1 Å². The second-order valence-corrected chi connectivity index (χ2v) is 10.0. The summed E-state index contributed by atoms with van der Waals surface area (Å²) in [6, 6.07) is -2.17. The predicted molar refractivity (Wildman–Crippen MR) is 96.8 cm³/mol. The Morgan fingerprint density at radius 3 is 2.23 bits per heavy atom. The number of carbonyl (C=O) groups excluding carboxylic acids is 1. The van der Waals surface area contributed by atoms with Gasteiger partial charge in [0, 0.05) is 0 Å². The largest absolute Gasteiger partial charge is 0.465 e. The molecule has 0 aromatic carbocycles. The molecule has 3 atom stereocenters. The SMILES string of the molecule is CCCOC(=O)[C@H](CC1CCCCC1)[C@@H](N[S@](=O)C(C)(C)C)C(F)(F)F. The number of halogens is 3. The van der Waals surface area contributed by atoms with Gasteiger partial charge in [-0.1, -0.05) is 39.0 Å². The van der Waals surface area contributed by atoms with E-state index in [1.807, 2.05) is 0 Å². The Hall–Kier alpha value is -0.630. The second-order valence-electron chi connectivity index (χ2n) is 8.03. The second kappa shape index (κ2) is 10.1. The van der Waals surface area contributed by atoms with Gasteiger partial charge in [0.25, 0.3) is 0 Å². The molecule has 1 fully saturated rings. The summed E-state index contributed by atoms with van der Waals surface area (Å²) in [5, 5.41) is 0. The zero-order chi connectivity index (χ0) is 20.0. The van der Waals surface area contributed by atoms with Crippen molar-refractivity contribution in [3.8, 4) is 0 Å². The van der Waals surface area contributed by atoms with Crippen LogP contribution in [0.15, 0.2) is 0 Å². The quantitative estimate of drug-likeness (QED) is 0.611. The molecule has 0 saturated heterocycles. The van der Waals surface area contributed by atoms with E-state index < -0.39 is 39.8 Å². The van der Waals surface area contributed by atoms with E-state index in [9.17, 15) is 22.2 Å². The van der Waals surface area contributed by atoms with Crippen molar-refractivity contribution in [2.45, 2.75) is 89.6 Å². The van der Waals surface area contributed by atoms with E-state index in [1.54, 1.807) is 27.7 Å². The van der Waals surface area contributed by atoms with Gasteiger partial charge in [0.2, 0.25) is 0 Å². The van der Waals surface area contributed by atoms with Crippen LogP contribution in [0.25, 0.3) is 0 Å². The molecule has 26 heavy (non-hydrogen) atoms. The summed E-state index contributed by atoms with van der Waals surface area (Å²) in [6.45, 7) is 6.66. The molecule has 0 unspecified atom stereocenters. The molecule has 1 rings (SSSR count). The minimum Gasteiger partial charge on any atom is -0.465 e. The summed E-state index contributed by atoms with van der Waals surface area (Å²) in [4.78, 5) is 12.4. The molecule has 0 spiro atoms. The summed E-state index contributed by atoms with van der Waals surface area (Å²) in [5.74, 6) is -2.16. The van der Waals surface area contributed by atoms with Gasteiger partial charge in [-0.05, 0) is 39.5 Å². The topological polar surface area (TPSA) is 55.4 Å². The molecule has 0 bridgehead atoms. The number of nitrogens with one attached hydrogen (secondary N) is 1. The first-order valence-electron chi connectivity index (χ1n) is 9.38. The summed E-state index contributed by atoms with van der Waals surface area (Å²) < 4.78 is 59.9. The average Bonchev–Trinajstić information content (AvgIpc) is 2.54. The van der Waals surface area contributed by atoms with Crippen LogP contribution in [0.5, 0.6) is 0 Å². The van der Waals surface area contributed by atoms with Gasteiger partial charge in [0.1, 0.15) is 6.04 Å². The first-order chi connectivity index (χ1) is 12.0. The van der Waals surface area contributed by atoms with Gasteiger partial charge in [-0.2, -0.15) is 13.2 Å². The molecule has 0 aromatic rings. The molecular formula is C18H32F3NO3S. The highest BCUT2D eigenvalue weighted by molar-refractivity contribution is 7.84. The lowest BCUT2D eigenvalue weighted by molar-refractivity contribution is -0.180. The molecule has 0 aliphatic heterocycles. The summed E-state index contributed by atoms with van der Waals surface area (Å²) in [6.07, 6.45) is 0.636. The molecule has 1 N–H and O–H groups in total. The van der Waals surface area contributed by atoms with Gasteiger partial charge in [-0.25, -0.2) is 8.93 Å². The highest BCUT2D eigenvalue weighted by Crippen LogP contribution is 2.35. The molecule has 0 aromatic heterocycles. The van der Waals surface area contributed by atoms with E-state index in [2.05, 4.69) is 4.72 Å². The van der Waals surface area contributed by atoms with Crippen molar-refractivity contribution in [2.24, 2.45) is 11.8 Å². The molecule has 0 amide bonds. The third-order valence-corrected chi connectivity index (χ3v) is 6.19. The Balaban J connectivity index is 3.05. The van der Waals surface area contributed by atoms with Crippen LogP contribution < -0.4 is 4.72 Å². The van der Waals surface area contributed by atoms with Crippen LogP contribution in [0.4, 0.5) is 13.2 Å². The Morgan fingerprint density at radius 1 is 1.19 bits per heavy atom. The minimum atomic E-state index is -4.69. The zero-order valence-electron chi connectivity index (χ0n) is 16.2. The lowest BCUT2D eigenvalue weighted by Gasteiger charge is -2.33. The molecular weight excluding hydrogens is 367 g/mol. The molecule has 8 heteroatoms. The Morgan fingerprint density at radius 2 is 1.77 bits per heavy atom. The fourth-order valence-corrected chi connectivity index (χ4v) is 4.01. The van der Waals surface area contributed by atoms with E-state index in [1.165, 1.54) is 0 Å². The van der Waals surface area contributed by atoms with Crippen molar-refractivity contribution < 1.29 is 26.9 Å². The van der Waals surface area contributed by atoms with Gasteiger partial charge in [0.15, 0.2) is 0 Å². The first kappa shape index (κ1) is 23.4. The molecule has 0 heterocycles. The fraction of sp³-hybridized carbons (Fsp3) is 0.944. The van der Waals surface area contributed by atoms with E-state index in [0.29, 0.717) is 6.42 Å². The fourth-order valence-electron chi connectivity index (χ4n) is 3.13. The van der Waals surface area contributed by atoms with Gasteiger partial charge in [-0.15, -0.1) is 0 Å². The number of alkyl halides is 3. The van der Waals surface area contributed by atoms with Crippen LogP contribution >= 0.6 is 0 Å². The number of ether oxygens (including phenoxy) is 1. The molecule has 1 saturated carbocycles. The van der Waals surface area contributed by atoms with Crippen molar-refractivity contribution in [2.75, 3.05) is 6.61 Å². The lowest BCUT2D eigenvalue weighted by Crippen LogP contribution is -2.54. The highest BCUT2D eigenvalue weighted by atomic mass is 32.2. The van der Waals surface area contributed by atoms with E-state index in [-0.39, 0.29) is 18.9 Å². The summed E-state index contributed by atoms with van der Waals surface area (Å²) >= 11 is 0. The summed E-state index contributed by atoms with van der Waals surface area (Å²) in [7, 11) is -1.94. The molecule has 1 aliphatic rings. The van der Waals surface area contributed by atoms with Crippen LogP contribution in [0.1, 0.15) is 72.6 Å². The third-order valence-electron chi connectivity index (χ3n) is 4.61. The normalized spacial score (nSPS) is 20.4. The van der Waals surface area contributed by atoms with Crippen molar-refractivity contribution in [3.05, 3.63) is 0 Å². The van der Waals surface area contributed by atoms with Crippen LogP contribution in [0.2, 0.25) is 0 Å².